The van der Waals surface area contributed by atoms with Crippen molar-refractivity contribution in [3.05, 3.63) is 35.4 Å². The fraction of sp³-hybridized carbons (Fsp3) is 0.533. The molecule has 1 saturated carbocycles. The highest BCUT2D eigenvalue weighted by molar-refractivity contribution is 5.78. The van der Waals surface area contributed by atoms with E-state index in [1.165, 1.54) is 24.0 Å². The van der Waals surface area contributed by atoms with Crippen molar-refractivity contribution in [3.8, 4) is 0 Å². The van der Waals surface area contributed by atoms with Gasteiger partial charge in [0.2, 0.25) is 5.91 Å². The van der Waals surface area contributed by atoms with Crippen LogP contribution >= 0.6 is 0 Å². The molecule has 1 aromatic carbocycles. The third kappa shape index (κ3) is 2.91. The lowest BCUT2D eigenvalue weighted by Gasteiger charge is -2.11. The van der Waals surface area contributed by atoms with Crippen molar-refractivity contribution in [2.24, 2.45) is 0 Å². The van der Waals surface area contributed by atoms with E-state index in [2.05, 4.69) is 34.9 Å². The van der Waals surface area contributed by atoms with Crippen LogP contribution in [0.3, 0.4) is 0 Å². The van der Waals surface area contributed by atoms with Crippen LogP contribution in [-0.2, 0) is 11.3 Å². The zero-order valence-electron chi connectivity index (χ0n) is 10.6. The van der Waals surface area contributed by atoms with Crippen molar-refractivity contribution in [1.82, 2.24) is 10.6 Å². The molecular formula is C15H20N2O. The standard InChI is InChI=1S/C15H20N2O/c18-15-8-7-14(17-15)10-16-9-11-1-3-12(4-2-11)13-5-6-13/h1-4,13-14,16H,5-10H2,(H,17,18). The Morgan fingerprint density at radius 2 is 1.94 bits per heavy atom. The van der Waals surface area contributed by atoms with Gasteiger partial charge in [0, 0.05) is 25.6 Å². The second kappa shape index (κ2) is 5.11. The van der Waals surface area contributed by atoms with Gasteiger partial charge in [-0.1, -0.05) is 24.3 Å². The van der Waals surface area contributed by atoms with E-state index in [4.69, 9.17) is 0 Å². The van der Waals surface area contributed by atoms with Crippen molar-refractivity contribution in [3.63, 3.8) is 0 Å². The molecule has 1 aromatic rings. The number of benzene rings is 1. The lowest BCUT2D eigenvalue weighted by molar-refractivity contribution is -0.119. The Balaban J connectivity index is 1.43. The number of hydrogen-bond donors (Lipinski definition) is 2. The molecule has 2 N–H and O–H groups in total. The second-order valence-corrected chi connectivity index (χ2v) is 5.45. The average Bonchev–Trinajstić information content (AvgIpc) is 3.15. The van der Waals surface area contributed by atoms with E-state index in [0.717, 1.165) is 25.4 Å². The molecule has 1 atom stereocenters. The summed E-state index contributed by atoms with van der Waals surface area (Å²) in [6.45, 7) is 1.76. The summed E-state index contributed by atoms with van der Waals surface area (Å²) < 4.78 is 0. The Labute approximate surface area is 108 Å². The van der Waals surface area contributed by atoms with Crippen LogP contribution in [0.2, 0.25) is 0 Å². The maximum Gasteiger partial charge on any atom is 0.220 e. The normalized spacial score (nSPS) is 23.1. The fourth-order valence-electron chi connectivity index (χ4n) is 2.55. The minimum atomic E-state index is 0.190. The predicted molar refractivity (Wildman–Crippen MR) is 71.3 cm³/mol. The van der Waals surface area contributed by atoms with Gasteiger partial charge in [-0.05, 0) is 36.3 Å². The van der Waals surface area contributed by atoms with E-state index in [-0.39, 0.29) is 5.91 Å². The third-order valence-corrected chi connectivity index (χ3v) is 3.83. The van der Waals surface area contributed by atoms with E-state index in [9.17, 15) is 4.79 Å². The zero-order valence-corrected chi connectivity index (χ0v) is 10.6. The Hall–Kier alpha value is -1.35. The van der Waals surface area contributed by atoms with Crippen molar-refractivity contribution in [2.45, 2.75) is 44.2 Å². The first-order valence-electron chi connectivity index (χ1n) is 6.90. The smallest absolute Gasteiger partial charge is 0.220 e. The third-order valence-electron chi connectivity index (χ3n) is 3.83. The van der Waals surface area contributed by atoms with Gasteiger partial charge >= 0.3 is 0 Å². The van der Waals surface area contributed by atoms with Crippen LogP contribution in [0.15, 0.2) is 24.3 Å². The molecular weight excluding hydrogens is 224 g/mol. The molecule has 0 spiro atoms. The molecule has 3 heteroatoms. The number of amides is 1. The molecule has 96 valence electrons. The van der Waals surface area contributed by atoms with Gasteiger partial charge < -0.3 is 10.6 Å². The first-order valence-corrected chi connectivity index (χ1v) is 6.90. The van der Waals surface area contributed by atoms with E-state index in [0.29, 0.717) is 12.5 Å². The topological polar surface area (TPSA) is 41.1 Å². The maximum absolute atomic E-state index is 11.1. The molecule has 1 aliphatic heterocycles. The largest absolute Gasteiger partial charge is 0.352 e. The summed E-state index contributed by atoms with van der Waals surface area (Å²) in [6.07, 6.45) is 4.37. The van der Waals surface area contributed by atoms with Gasteiger partial charge in [-0.3, -0.25) is 4.79 Å². The van der Waals surface area contributed by atoms with Gasteiger partial charge in [0.25, 0.3) is 0 Å². The van der Waals surface area contributed by atoms with Crippen LogP contribution in [0.5, 0.6) is 0 Å². The average molecular weight is 244 g/mol. The van der Waals surface area contributed by atoms with Crippen LogP contribution in [0.4, 0.5) is 0 Å². The van der Waals surface area contributed by atoms with Crippen LogP contribution in [0.25, 0.3) is 0 Å². The van der Waals surface area contributed by atoms with Crippen LogP contribution in [-0.4, -0.2) is 18.5 Å². The van der Waals surface area contributed by atoms with Crippen LogP contribution < -0.4 is 10.6 Å². The van der Waals surface area contributed by atoms with E-state index < -0.39 is 0 Å². The molecule has 1 unspecified atom stereocenters. The van der Waals surface area contributed by atoms with Gasteiger partial charge in [-0.25, -0.2) is 0 Å². The molecule has 1 amide bonds. The molecule has 18 heavy (non-hydrogen) atoms. The lowest BCUT2D eigenvalue weighted by atomic mass is 10.1. The first kappa shape index (κ1) is 11.7. The summed E-state index contributed by atoms with van der Waals surface area (Å²) in [7, 11) is 0. The van der Waals surface area contributed by atoms with E-state index in [1.54, 1.807) is 0 Å². The quantitative estimate of drug-likeness (QED) is 0.831. The number of hydrogen-bond acceptors (Lipinski definition) is 2. The highest BCUT2D eigenvalue weighted by Gasteiger charge is 2.23. The van der Waals surface area contributed by atoms with Gasteiger partial charge in [0.05, 0.1) is 0 Å². The van der Waals surface area contributed by atoms with Crippen LogP contribution in [0.1, 0.15) is 42.7 Å². The number of carbonyl (C=O) groups excluding carboxylic acids is 1. The van der Waals surface area contributed by atoms with Crippen molar-refractivity contribution in [2.75, 3.05) is 6.54 Å². The van der Waals surface area contributed by atoms with Crippen LogP contribution in [0, 0.1) is 0 Å². The highest BCUT2D eigenvalue weighted by atomic mass is 16.1. The Morgan fingerprint density at radius 3 is 2.56 bits per heavy atom. The van der Waals surface area contributed by atoms with Crippen molar-refractivity contribution in [1.29, 1.82) is 0 Å². The lowest BCUT2D eigenvalue weighted by Crippen LogP contribution is -2.35. The summed E-state index contributed by atoms with van der Waals surface area (Å²) in [6, 6.07) is 9.27. The van der Waals surface area contributed by atoms with Gasteiger partial charge in [-0.15, -0.1) is 0 Å². The molecule has 0 bridgehead atoms. The molecule has 1 aliphatic carbocycles. The Morgan fingerprint density at radius 1 is 1.17 bits per heavy atom. The summed E-state index contributed by atoms with van der Waals surface area (Å²) in [5.74, 6) is 1.02. The first-order chi connectivity index (χ1) is 8.81. The summed E-state index contributed by atoms with van der Waals surface area (Å²) in [5, 5.41) is 6.38. The zero-order chi connectivity index (χ0) is 12.4. The Bertz CT molecular complexity index is 423. The van der Waals surface area contributed by atoms with E-state index >= 15 is 0 Å². The number of nitrogens with one attached hydrogen (secondary N) is 2. The molecule has 0 aromatic heterocycles. The van der Waals surface area contributed by atoms with Gasteiger partial charge in [0.1, 0.15) is 0 Å². The molecule has 3 rings (SSSR count). The molecule has 0 radical (unpaired) electrons. The maximum atomic E-state index is 11.1. The molecule has 3 nitrogen and oxygen atoms in total. The summed E-state index contributed by atoms with van der Waals surface area (Å²) >= 11 is 0. The molecule has 2 aliphatic rings. The van der Waals surface area contributed by atoms with Crippen molar-refractivity contribution < 1.29 is 4.79 Å². The minimum Gasteiger partial charge on any atom is -0.352 e. The summed E-state index contributed by atoms with van der Waals surface area (Å²) in [4.78, 5) is 11.1. The highest BCUT2D eigenvalue weighted by Crippen LogP contribution is 2.39. The SMILES string of the molecule is O=C1CCC(CNCc2ccc(C3CC3)cc2)N1. The van der Waals surface area contributed by atoms with E-state index in [1.807, 2.05) is 0 Å². The molecule has 1 saturated heterocycles. The number of rotatable bonds is 5. The fourth-order valence-corrected chi connectivity index (χ4v) is 2.55. The monoisotopic (exact) mass is 244 g/mol. The van der Waals surface area contributed by atoms with Gasteiger partial charge in [0.15, 0.2) is 0 Å². The molecule has 1 heterocycles. The summed E-state index contributed by atoms with van der Waals surface area (Å²) in [5.41, 5.74) is 2.81. The molecule has 2 fully saturated rings. The van der Waals surface area contributed by atoms with Crippen molar-refractivity contribution >= 4 is 5.91 Å². The predicted octanol–water partition coefficient (Wildman–Crippen LogP) is 1.93. The minimum absolute atomic E-state index is 0.190. The van der Waals surface area contributed by atoms with Gasteiger partial charge in [-0.2, -0.15) is 0 Å². The second-order valence-electron chi connectivity index (χ2n) is 5.45. The number of carbonyl (C=O) groups is 1. The Kier molecular flexibility index (Phi) is 3.33.